The molecule has 0 aliphatic heterocycles. The number of carbonyl (C=O) groups is 1. The minimum absolute atomic E-state index is 0.0309. The van der Waals surface area contributed by atoms with Crippen LogP contribution >= 0.6 is 0 Å². The number of hydrogen-bond donors (Lipinski definition) is 0. The van der Waals surface area contributed by atoms with Crippen LogP contribution in [0.4, 0.5) is 0 Å². The van der Waals surface area contributed by atoms with Gasteiger partial charge in [-0.25, -0.2) is 8.42 Å². The van der Waals surface area contributed by atoms with Crippen LogP contribution in [0, 0.1) is 16.2 Å². The van der Waals surface area contributed by atoms with Gasteiger partial charge in [-0.1, -0.05) is 54.8 Å². The van der Waals surface area contributed by atoms with E-state index >= 15 is 0 Å². The Morgan fingerprint density at radius 3 is 1.58 bits per heavy atom. The standard InChI is InChI=1S/C14H28BO3S/c1-12(2,3)14(7,13(4,5)6)11(16)15-9-10-19(8,17)18/h9-10H2,1-8H3. The van der Waals surface area contributed by atoms with Crippen LogP contribution in [-0.4, -0.2) is 33.4 Å². The van der Waals surface area contributed by atoms with E-state index < -0.39 is 15.3 Å². The third kappa shape index (κ3) is 4.62. The predicted octanol–water partition coefficient (Wildman–Crippen LogP) is 2.78. The third-order valence-corrected chi connectivity index (χ3v) is 5.29. The van der Waals surface area contributed by atoms with Gasteiger partial charge in [-0.3, -0.25) is 0 Å². The molecule has 0 fully saturated rings. The summed E-state index contributed by atoms with van der Waals surface area (Å²) in [4.78, 5) is 12.6. The van der Waals surface area contributed by atoms with Gasteiger partial charge in [0.05, 0.1) is 5.68 Å². The minimum Gasteiger partial charge on any atom is -0.311 e. The molecule has 111 valence electrons. The Balaban J connectivity index is 5.08. The van der Waals surface area contributed by atoms with Crippen molar-refractivity contribution < 1.29 is 13.2 Å². The van der Waals surface area contributed by atoms with Gasteiger partial charge in [0.25, 0.3) is 0 Å². The number of carbonyl (C=O) groups excluding carboxylic acids is 1. The minimum atomic E-state index is -3.02. The summed E-state index contributed by atoms with van der Waals surface area (Å²) in [5.41, 5.74) is -0.873. The van der Waals surface area contributed by atoms with Crippen LogP contribution in [0.5, 0.6) is 0 Å². The van der Waals surface area contributed by atoms with Crippen molar-refractivity contribution in [2.45, 2.75) is 54.8 Å². The Hall–Kier alpha value is -0.315. The van der Waals surface area contributed by atoms with Gasteiger partial charge in [0, 0.05) is 17.4 Å². The lowest BCUT2D eigenvalue weighted by Gasteiger charge is -2.50. The molecule has 0 aliphatic carbocycles. The zero-order valence-electron chi connectivity index (χ0n) is 13.6. The maximum absolute atomic E-state index is 12.6. The van der Waals surface area contributed by atoms with Crippen molar-refractivity contribution in [1.82, 2.24) is 0 Å². The van der Waals surface area contributed by atoms with Crippen molar-refractivity contribution in [3.8, 4) is 0 Å². The molecule has 0 aromatic rings. The van der Waals surface area contributed by atoms with Crippen molar-refractivity contribution in [3.05, 3.63) is 0 Å². The van der Waals surface area contributed by atoms with E-state index in [-0.39, 0.29) is 22.3 Å². The summed E-state index contributed by atoms with van der Waals surface area (Å²) < 4.78 is 22.2. The van der Waals surface area contributed by atoms with Gasteiger partial charge >= 0.3 is 0 Å². The Morgan fingerprint density at radius 2 is 1.32 bits per heavy atom. The first kappa shape index (κ1) is 18.7. The molecule has 0 bridgehead atoms. The molecule has 0 amide bonds. The average Bonchev–Trinajstić information content (AvgIpc) is 2.10. The van der Waals surface area contributed by atoms with Crippen LogP contribution < -0.4 is 0 Å². The van der Waals surface area contributed by atoms with Crippen molar-refractivity contribution in [2.75, 3.05) is 12.0 Å². The normalized spacial score (nSPS) is 14.3. The molecule has 0 rings (SSSR count). The summed E-state index contributed by atoms with van der Waals surface area (Å²) in [5.74, 6) is 0.0309. The average molecular weight is 287 g/mol. The fourth-order valence-electron chi connectivity index (χ4n) is 2.47. The first-order valence-corrected chi connectivity index (χ1v) is 8.74. The van der Waals surface area contributed by atoms with Gasteiger partial charge in [0.15, 0.2) is 0 Å². The summed E-state index contributed by atoms with van der Waals surface area (Å²) >= 11 is 0. The Bertz CT molecular complexity index is 411. The SMILES string of the molecule is CC(C)(C)C(C)(C(=O)[B]CCS(C)(=O)=O)C(C)(C)C. The van der Waals surface area contributed by atoms with E-state index in [1.54, 1.807) is 7.28 Å². The highest BCUT2D eigenvalue weighted by Gasteiger charge is 2.51. The molecule has 1 radical (unpaired) electrons. The van der Waals surface area contributed by atoms with Crippen molar-refractivity contribution in [2.24, 2.45) is 16.2 Å². The highest BCUT2D eigenvalue weighted by Crippen LogP contribution is 2.51. The fourth-order valence-corrected chi connectivity index (χ4v) is 3.02. The molecule has 0 atom stereocenters. The van der Waals surface area contributed by atoms with Gasteiger partial charge < -0.3 is 4.79 Å². The third-order valence-electron chi connectivity index (χ3n) is 4.31. The number of rotatable bonds is 5. The van der Waals surface area contributed by atoms with E-state index in [9.17, 15) is 13.2 Å². The monoisotopic (exact) mass is 287 g/mol. The second kappa shape index (κ2) is 5.59. The lowest BCUT2D eigenvalue weighted by molar-refractivity contribution is -0.135. The summed E-state index contributed by atoms with van der Waals surface area (Å²) in [6.45, 7) is 14.3. The summed E-state index contributed by atoms with van der Waals surface area (Å²) in [6, 6.07) is 0. The quantitative estimate of drug-likeness (QED) is 0.731. The fraction of sp³-hybridized carbons (Fsp3) is 0.929. The van der Waals surface area contributed by atoms with Crippen LogP contribution in [0.1, 0.15) is 48.5 Å². The van der Waals surface area contributed by atoms with Crippen molar-refractivity contribution in [3.63, 3.8) is 0 Å². The van der Waals surface area contributed by atoms with Gasteiger partial charge in [-0.2, -0.15) is 0 Å². The molecule has 0 N–H and O–H groups in total. The maximum atomic E-state index is 12.6. The summed E-state index contributed by atoms with van der Waals surface area (Å²) in [5, 5.41) is 0. The van der Waals surface area contributed by atoms with Crippen LogP contribution in [0.15, 0.2) is 0 Å². The van der Waals surface area contributed by atoms with Crippen LogP contribution in [0.2, 0.25) is 6.32 Å². The van der Waals surface area contributed by atoms with Crippen molar-refractivity contribution in [1.29, 1.82) is 0 Å². The van der Waals surface area contributed by atoms with E-state index in [1.165, 1.54) is 6.26 Å². The maximum Gasteiger partial charge on any atom is 0.204 e. The highest BCUT2D eigenvalue weighted by atomic mass is 32.2. The lowest BCUT2D eigenvalue weighted by Crippen LogP contribution is -2.51. The first-order valence-electron chi connectivity index (χ1n) is 6.68. The second-order valence-corrected chi connectivity index (χ2v) is 9.87. The largest absolute Gasteiger partial charge is 0.311 e. The molecule has 0 heterocycles. The van der Waals surface area contributed by atoms with E-state index in [0.717, 1.165) is 0 Å². The van der Waals surface area contributed by atoms with E-state index in [4.69, 9.17) is 0 Å². The molecule has 0 aromatic heterocycles. The zero-order chi connectivity index (χ0) is 15.7. The molecule has 0 aromatic carbocycles. The topological polar surface area (TPSA) is 51.2 Å². The highest BCUT2D eigenvalue weighted by molar-refractivity contribution is 7.90. The van der Waals surface area contributed by atoms with Gasteiger partial charge in [0.2, 0.25) is 7.28 Å². The van der Waals surface area contributed by atoms with Crippen molar-refractivity contribution >= 4 is 22.8 Å². The lowest BCUT2D eigenvalue weighted by atomic mass is 9.45. The molecule has 0 aliphatic rings. The smallest absolute Gasteiger partial charge is 0.204 e. The number of sulfone groups is 1. The molecule has 0 saturated heterocycles. The van der Waals surface area contributed by atoms with Crippen LogP contribution in [-0.2, 0) is 14.6 Å². The molecule has 0 spiro atoms. The van der Waals surface area contributed by atoms with Gasteiger partial charge in [-0.05, 0) is 10.8 Å². The predicted molar refractivity (Wildman–Crippen MR) is 82.3 cm³/mol. The Morgan fingerprint density at radius 1 is 0.947 bits per heavy atom. The Kier molecular flexibility index (Phi) is 5.49. The second-order valence-electron chi connectivity index (χ2n) is 7.61. The zero-order valence-corrected chi connectivity index (χ0v) is 14.4. The van der Waals surface area contributed by atoms with Gasteiger partial charge in [0.1, 0.15) is 9.84 Å². The molecule has 19 heavy (non-hydrogen) atoms. The molecule has 0 unspecified atom stereocenters. The molecule has 0 saturated carbocycles. The molecule has 3 nitrogen and oxygen atoms in total. The van der Waals surface area contributed by atoms with Crippen LogP contribution in [0.25, 0.3) is 0 Å². The first-order chi connectivity index (χ1) is 8.13. The van der Waals surface area contributed by atoms with Crippen LogP contribution in [0.3, 0.4) is 0 Å². The van der Waals surface area contributed by atoms with Gasteiger partial charge in [-0.15, -0.1) is 0 Å². The molecule has 5 heteroatoms. The Labute approximate surface area is 119 Å². The molecular formula is C14H28BO3S. The summed E-state index contributed by atoms with van der Waals surface area (Å²) in [7, 11) is -1.47. The van der Waals surface area contributed by atoms with E-state index in [0.29, 0.717) is 6.32 Å². The summed E-state index contributed by atoms with van der Waals surface area (Å²) in [6.07, 6.45) is 1.48. The number of hydrogen-bond acceptors (Lipinski definition) is 3. The van der Waals surface area contributed by atoms with E-state index in [2.05, 4.69) is 41.5 Å². The molecular weight excluding hydrogens is 259 g/mol. The van der Waals surface area contributed by atoms with E-state index in [1.807, 2.05) is 6.92 Å².